The summed E-state index contributed by atoms with van der Waals surface area (Å²) in [5.74, 6) is -1.34. The van der Waals surface area contributed by atoms with Crippen LogP contribution in [0.2, 0.25) is 0 Å². The van der Waals surface area contributed by atoms with Crippen molar-refractivity contribution in [1.29, 1.82) is 0 Å². The molecule has 0 saturated heterocycles. The molecule has 1 saturated carbocycles. The molecule has 0 unspecified atom stereocenters. The van der Waals surface area contributed by atoms with Crippen molar-refractivity contribution in [3.63, 3.8) is 0 Å². The van der Waals surface area contributed by atoms with E-state index in [9.17, 15) is 19.1 Å². The standard InChI is InChI=1S/C26H21FN2O3/c1-29-21-8-3-2-7-20(21)22(23(30)25(29)32)24(31)28-26(13-14-26)18-6-4-5-17(15-18)16-9-11-19(27)12-10-16/h2-12,15,30H,13-14H2,1H3,(H,28,31). The van der Waals surface area contributed by atoms with E-state index in [1.807, 2.05) is 24.3 Å². The number of rotatable bonds is 4. The molecule has 6 heteroatoms. The number of aromatic nitrogens is 1. The lowest BCUT2D eigenvalue weighted by molar-refractivity contribution is 0.0929. The van der Waals surface area contributed by atoms with Crippen molar-refractivity contribution in [3.05, 3.63) is 100 Å². The van der Waals surface area contributed by atoms with Gasteiger partial charge in [-0.15, -0.1) is 0 Å². The molecule has 1 amide bonds. The highest BCUT2D eigenvalue weighted by Gasteiger charge is 2.46. The van der Waals surface area contributed by atoms with Gasteiger partial charge in [0.05, 0.1) is 16.6 Å². The normalized spacial score (nSPS) is 14.3. The first-order valence-corrected chi connectivity index (χ1v) is 10.4. The number of para-hydroxylation sites is 1. The second-order valence-corrected chi connectivity index (χ2v) is 8.23. The molecule has 1 heterocycles. The molecule has 0 aliphatic heterocycles. The van der Waals surface area contributed by atoms with Crippen LogP contribution >= 0.6 is 0 Å². The minimum absolute atomic E-state index is 0.00957. The zero-order chi connectivity index (χ0) is 22.5. The quantitative estimate of drug-likeness (QED) is 0.504. The van der Waals surface area contributed by atoms with Crippen LogP contribution in [0.4, 0.5) is 4.39 Å². The van der Waals surface area contributed by atoms with Crippen LogP contribution in [0.15, 0.2) is 77.6 Å². The lowest BCUT2D eigenvalue weighted by atomic mass is 9.97. The Morgan fingerprint density at radius 1 is 1.00 bits per heavy atom. The number of halogens is 1. The molecule has 160 valence electrons. The van der Waals surface area contributed by atoms with Gasteiger partial charge in [-0.1, -0.05) is 48.5 Å². The van der Waals surface area contributed by atoms with Crippen molar-refractivity contribution in [2.75, 3.05) is 0 Å². The van der Waals surface area contributed by atoms with Crippen molar-refractivity contribution in [2.45, 2.75) is 18.4 Å². The first-order valence-electron chi connectivity index (χ1n) is 10.4. The highest BCUT2D eigenvalue weighted by Crippen LogP contribution is 2.46. The number of aryl methyl sites for hydroxylation is 1. The van der Waals surface area contributed by atoms with Crippen LogP contribution in [-0.4, -0.2) is 15.6 Å². The fourth-order valence-electron chi connectivity index (χ4n) is 4.24. The minimum atomic E-state index is -0.614. The number of aromatic hydroxyl groups is 1. The van der Waals surface area contributed by atoms with Crippen LogP contribution in [0.1, 0.15) is 28.8 Å². The minimum Gasteiger partial charge on any atom is -0.502 e. The fraction of sp³-hybridized carbons (Fsp3) is 0.154. The lowest BCUT2D eigenvalue weighted by Crippen LogP contribution is -2.36. The average Bonchev–Trinajstić information content (AvgIpc) is 3.59. The Morgan fingerprint density at radius 2 is 1.72 bits per heavy atom. The van der Waals surface area contributed by atoms with Gasteiger partial charge in [-0.05, 0) is 53.8 Å². The molecule has 0 radical (unpaired) electrons. The Balaban J connectivity index is 1.52. The lowest BCUT2D eigenvalue weighted by Gasteiger charge is -2.20. The second-order valence-electron chi connectivity index (χ2n) is 8.23. The Kier molecular flexibility index (Phi) is 4.59. The third kappa shape index (κ3) is 3.24. The van der Waals surface area contributed by atoms with Crippen LogP contribution < -0.4 is 10.9 Å². The maximum absolute atomic E-state index is 13.3. The molecule has 2 N–H and O–H groups in total. The summed E-state index contributed by atoms with van der Waals surface area (Å²) >= 11 is 0. The van der Waals surface area contributed by atoms with Crippen LogP contribution in [-0.2, 0) is 12.6 Å². The molecule has 5 nitrogen and oxygen atoms in total. The van der Waals surface area contributed by atoms with Gasteiger partial charge in [0.1, 0.15) is 5.82 Å². The van der Waals surface area contributed by atoms with Crippen LogP contribution in [0.25, 0.3) is 22.0 Å². The number of benzene rings is 3. The number of fused-ring (bicyclic) bond motifs is 1. The Bertz CT molecular complexity index is 1420. The first kappa shape index (κ1) is 20.0. The van der Waals surface area contributed by atoms with E-state index in [4.69, 9.17) is 0 Å². The van der Waals surface area contributed by atoms with E-state index in [0.29, 0.717) is 10.9 Å². The highest BCUT2D eigenvalue weighted by atomic mass is 19.1. The average molecular weight is 428 g/mol. The predicted octanol–water partition coefficient (Wildman–Crippen LogP) is 4.47. The van der Waals surface area contributed by atoms with Crippen molar-refractivity contribution in [3.8, 4) is 16.9 Å². The second kappa shape index (κ2) is 7.34. The van der Waals surface area contributed by atoms with Crippen LogP contribution in [0.5, 0.6) is 5.75 Å². The van der Waals surface area contributed by atoms with Gasteiger partial charge in [-0.2, -0.15) is 0 Å². The summed E-state index contributed by atoms with van der Waals surface area (Å²) in [5, 5.41) is 14.1. The first-order chi connectivity index (χ1) is 15.4. The third-order valence-electron chi connectivity index (χ3n) is 6.20. The van der Waals surface area contributed by atoms with Crippen molar-refractivity contribution in [2.24, 2.45) is 7.05 Å². The van der Waals surface area contributed by atoms with E-state index in [1.165, 1.54) is 16.7 Å². The maximum atomic E-state index is 13.3. The van der Waals surface area contributed by atoms with Crippen LogP contribution in [0, 0.1) is 5.82 Å². The summed E-state index contributed by atoms with van der Waals surface area (Å²) in [7, 11) is 1.56. The summed E-state index contributed by atoms with van der Waals surface area (Å²) in [4.78, 5) is 25.8. The number of carbonyl (C=O) groups is 1. The van der Waals surface area contributed by atoms with Crippen LogP contribution in [0.3, 0.4) is 0 Å². The van der Waals surface area contributed by atoms with Gasteiger partial charge in [0.25, 0.3) is 11.5 Å². The topological polar surface area (TPSA) is 71.3 Å². The molecule has 5 rings (SSSR count). The molecule has 3 aromatic carbocycles. The van der Waals surface area contributed by atoms with Crippen molar-refractivity contribution < 1.29 is 14.3 Å². The van der Waals surface area contributed by atoms with Crippen molar-refractivity contribution in [1.82, 2.24) is 9.88 Å². The molecular weight excluding hydrogens is 407 g/mol. The number of hydrogen-bond donors (Lipinski definition) is 2. The molecule has 1 aliphatic rings. The molecule has 4 aromatic rings. The van der Waals surface area contributed by atoms with E-state index < -0.39 is 22.8 Å². The van der Waals surface area contributed by atoms with E-state index in [-0.39, 0.29) is 11.4 Å². The number of amides is 1. The van der Waals surface area contributed by atoms with E-state index in [2.05, 4.69) is 5.32 Å². The van der Waals surface area contributed by atoms with E-state index >= 15 is 0 Å². The summed E-state index contributed by atoms with van der Waals surface area (Å²) in [6, 6.07) is 21.1. The smallest absolute Gasteiger partial charge is 0.293 e. The van der Waals surface area contributed by atoms with Crippen molar-refractivity contribution >= 4 is 16.8 Å². The fourth-order valence-corrected chi connectivity index (χ4v) is 4.24. The molecule has 1 aliphatic carbocycles. The Morgan fingerprint density at radius 3 is 2.44 bits per heavy atom. The zero-order valence-electron chi connectivity index (χ0n) is 17.4. The summed E-state index contributed by atoms with van der Waals surface area (Å²) in [5.41, 5.74) is 2.11. The monoisotopic (exact) mass is 428 g/mol. The molecule has 1 aromatic heterocycles. The SMILES string of the molecule is Cn1c(=O)c(O)c(C(=O)NC2(c3cccc(-c4ccc(F)cc4)c3)CC2)c2ccccc21. The highest BCUT2D eigenvalue weighted by molar-refractivity contribution is 6.08. The third-order valence-corrected chi connectivity index (χ3v) is 6.20. The maximum Gasteiger partial charge on any atom is 0.293 e. The van der Waals surface area contributed by atoms with E-state index in [0.717, 1.165) is 29.5 Å². The van der Waals surface area contributed by atoms with Gasteiger partial charge in [0.15, 0.2) is 5.75 Å². The Labute approximate surface area is 183 Å². The Hall–Kier alpha value is -3.93. The summed E-state index contributed by atoms with van der Waals surface area (Å²) in [6.07, 6.45) is 1.49. The molecule has 1 fully saturated rings. The summed E-state index contributed by atoms with van der Waals surface area (Å²) < 4.78 is 14.6. The number of carbonyl (C=O) groups excluding carboxylic acids is 1. The number of nitrogens with zero attached hydrogens (tertiary/aromatic N) is 1. The predicted molar refractivity (Wildman–Crippen MR) is 121 cm³/mol. The molecule has 0 bridgehead atoms. The van der Waals surface area contributed by atoms with Gasteiger partial charge < -0.3 is 15.0 Å². The molecular formula is C26H21FN2O3. The molecule has 0 spiro atoms. The van der Waals surface area contributed by atoms with Gasteiger partial charge in [-0.3, -0.25) is 9.59 Å². The number of nitrogens with one attached hydrogen (secondary N) is 1. The zero-order valence-corrected chi connectivity index (χ0v) is 17.4. The van der Waals surface area contributed by atoms with Gasteiger partial charge >= 0.3 is 0 Å². The largest absolute Gasteiger partial charge is 0.502 e. The number of pyridine rings is 1. The number of hydrogen-bond acceptors (Lipinski definition) is 3. The van der Waals surface area contributed by atoms with Gasteiger partial charge in [0.2, 0.25) is 0 Å². The summed E-state index contributed by atoms with van der Waals surface area (Å²) in [6.45, 7) is 0. The van der Waals surface area contributed by atoms with Gasteiger partial charge in [0, 0.05) is 12.4 Å². The van der Waals surface area contributed by atoms with E-state index in [1.54, 1.807) is 43.4 Å². The molecule has 32 heavy (non-hydrogen) atoms. The molecule has 0 atom stereocenters. The van der Waals surface area contributed by atoms with Gasteiger partial charge in [-0.25, -0.2) is 4.39 Å².